The quantitative estimate of drug-likeness (QED) is 0.713. The molecule has 3 heterocycles. The number of fused-ring (bicyclic) bond motifs is 3. The van der Waals surface area contributed by atoms with Crippen molar-refractivity contribution >= 4 is 35.4 Å². The summed E-state index contributed by atoms with van der Waals surface area (Å²) in [5.74, 6) is 0.556. The van der Waals surface area contributed by atoms with Crippen molar-refractivity contribution in [1.29, 1.82) is 0 Å². The lowest BCUT2D eigenvalue weighted by Gasteiger charge is -2.28. The molecule has 0 saturated carbocycles. The molecule has 1 unspecified atom stereocenters. The zero-order chi connectivity index (χ0) is 16.0. The third-order valence-corrected chi connectivity index (χ3v) is 4.35. The minimum Gasteiger partial charge on any atom is -0.449 e. The van der Waals surface area contributed by atoms with Crippen LogP contribution < -0.4 is 11.0 Å². The van der Waals surface area contributed by atoms with E-state index in [9.17, 15) is 9.18 Å². The Labute approximate surface area is 132 Å². The van der Waals surface area contributed by atoms with Gasteiger partial charge in [0.2, 0.25) is 5.58 Å². The Hall–Kier alpha value is -2.15. The number of hydrogen-bond acceptors (Lipinski definition) is 4. The van der Waals surface area contributed by atoms with Gasteiger partial charge in [0.15, 0.2) is 0 Å². The molecule has 0 spiro atoms. The second-order valence-corrected chi connectivity index (χ2v) is 6.27. The molecule has 1 atom stereocenters. The molecule has 0 amide bonds. The van der Waals surface area contributed by atoms with Gasteiger partial charge in [0.05, 0.1) is 6.54 Å². The monoisotopic (exact) mass is 313 g/mol. The Morgan fingerprint density at radius 3 is 3.17 bits per heavy atom. The first-order chi connectivity index (χ1) is 11.1. The standard InChI is InChI=1S/C16H17BFN3O2/c17-9-3-4-12-11(6-9)14-15(23-12)16(22)20-13(19-14)8-21-5-1-2-10(18)7-21/h3-4,6,10H,1-2,5,7-8,17H2,(H,19,20,22). The summed E-state index contributed by atoms with van der Waals surface area (Å²) in [6, 6.07) is 5.76. The highest BCUT2D eigenvalue weighted by Crippen LogP contribution is 2.24. The number of benzene rings is 1. The molecule has 3 aromatic rings. The van der Waals surface area contributed by atoms with Gasteiger partial charge in [-0.15, -0.1) is 0 Å². The van der Waals surface area contributed by atoms with Crippen molar-refractivity contribution in [2.45, 2.75) is 25.6 Å². The van der Waals surface area contributed by atoms with Crippen molar-refractivity contribution in [2.75, 3.05) is 13.1 Å². The fourth-order valence-electron chi connectivity index (χ4n) is 3.24. The Kier molecular flexibility index (Phi) is 3.45. The highest BCUT2D eigenvalue weighted by Gasteiger charge is 2.21. The molecular formula is C16H17BFN3O2. The number of alkyl halides is 1. The van der Waals surface area contributed by atoms with Crippen molar-refractivity contribution in [2.24, 2.45) is 0 Å². The van der Waals surface area contributed by atoms with E-state index in [1.165, 1.54) is 0 Å². The van der Waals surface area contributed by atoms with Gasteiger partial charge in [-0.1, -0.05) is 17.6 Å². The van der Waals surface area contributed by atoms with E-state index in [2.05, 4.69) is 9.97 Å². The van der Waals surface area contributed by atoms with Crippen LogP contribution in [0.1, 0.15) is 18.7 Å². The highest BCUT2D eigenvalue weighted by molar-refractivity contribution is 6.33. The first kappa shape index (κ1) is 14.4. The minimum atomic E-state index is -0.795. The summed E-state index contributed by atoms with van der Waals surface area (Å²) in [7, 11) is 1.99. The van der Waals surface area contributed by atoms with E-state index < -0.39 is 6.17 Å². The first-order valence-corrected chi connectivity index (χ1v) is 7.88. The van der Waals surface area contributed by atoms with E-state index >= 15 is 0 Å². The number of H-pyrrole nitrogens is 1. The first-order valence-electron chi connectivity index (χ1n) is 7.88. The van der Waals surface area contributed by atoms with Gasteiger partial charge in [-0.25, -0.2) is 9.37 Å². The normalized spacial score (nSPS) is 19.6. The fourth-order valence-corrected chi connectivity index (χ4v) is 3.24. The van der Waals surface area contributed by atoms with Gasteiger partial charge >= 0.3 is 0 Å². The largest absolute Gasteiger partial charge is 0.449 e. The maximum absolute atomic E-state index is 13.5. The number of aromatic amines is 1. The van der Waals surface area contributed by atoms with Crippen LogP contribution in [-0.2, 0) is 6.54 Å². The molecule has 1 aliphatic heterocycles. The third kappa shape index (κ3) is 2.65. The predicted octanol–water partition coefficient (Wildman–Crippen LogP) is 0.862. The summed E-state index contributed by atoms with van der Waals surface area (Å²) in [5.41, 5.74) is 2.28. The molecule has 1 aromatic carbocycles. The van der Waals surface area contributed by atoms with Crippen molar-refractivity contribution < 1.29 is 8.81 Å². The third-order valence-electron chi connectivity index (χ3n) is 4.35. The van der Waals surface area contributed by atoms with E-state index in [1.54, 1.807) is 0 Å². The van der Waals surface area contributed by atoms with Crippen LogP contribution in [0, 0.1) is 0 Å². The van der Waals surface area contributed by atoms with E-state index in [0.29, 0.717) is 36.4 Å². The van der Waals surface area contributed by atoms with Crippen LogP contribution in [0.2, 0.25) is 0 Å². The van der Waals surface area contributed by atoms with E-state index in [1.807, 2.05) is 30.9 Å². The molecule has 7 heteroatoms. The summed E-state index contributed by atoms with van der Waals surface area (Å²) < 4.78 is 19.1. The Morgan fingerprint density at radius 1 is 1.48 bits per heavy atom. The zero-order valence-electron chi connectivity index (χ0n) is 12.9. The van der Waals surface area contributed by atoms with Crippen LogP contribution in [-0.4, -0.2) is 42.0 Å². The summed E-state index contributed by atoms with van der Waals surface area (Å²) in [6.07, 6.45) is 0.656. The highest BCUT2D eigenvalue weighted by atomic mass is 19.1. The van der Waals surface area contributed by atoms with Gasteiger partial charge in [0, 0.05) is 11.9 Å². The number of nitrogens with one attached hydrogen (secondary N) is 1. The van der Waals surface area contributed by atoms with Gasteiger partial charge in [0.25, 0.3) is 5.56 Å². The maximum atomic E-state index is 13.5. The average Bonchev–Trinajstić information content (AvgIpc) is 2.86. The van der Waals surface area contributed by atoms with E-state index in [4.69, 9.17) is 4.42 Å². The Balaban J connectivity index is 1.77. The molecule has 4 rings (SSSR count). The molecule has 1 saturated heterocycles. The molecule has 23 heavy (non-hydrogen) atoms. The molecule has 118 valence electrons. The molecular weight excluding hydrogens is 296 g/mol. The Morgan fingerprint density at radius 2 is 2.35 bits per heavy atom. The number of aromatic nitrogens is 2. The van der Waals surface area contributed by atoms with Gasteiger partial charge in [-0.05, 0) is 25.5 Å². The lowest BCUT2D eigenvalue weighted by molar-refractivity contribution is 0.130. The van der Waals surface area contributed by atoms with Crippen LogP contribution in [0.5, 0.6) is 0 Å². The predicted molar refractivity (Wildman–Crippen MR) is 89.7 cm³/mol. The smallest absolute Gasteiger partial charge is 0.294 e. The van der Waals surface area contributed by atoms with Gasteiger partial charge in [-0.3, -0.25) is 9.69 Å². The summed E-state index contributed by atoms with van der Waals surface area (Å²) in [5, 5.41) is 0.842. The number of hydrogen-bond donors (Lipinski definition) is 1. The molecule has 1 fully saturated rings. The lowest BCUT2D eigenvalue weighted by Crippen LogP contribution is -2.36. The van der Waals surface area contributed by atoms with E-state index in [0.717, 1.165) is 23.8 Å². The summed E-state index contributed by atoms with van der Waals surface area (Å²) in [6.45, 7) is 1.67. The second-order valence-electron chi connectivity index (χ2n) is 6.27. The SMILES string of the molecule is Bc1ccc2oc3c(=O)[nH]c(CN4CCCC(F)C4)nc3c2c1. The van der Waals surface area contributed by atoms with Crippen LogP contribution >= 0.6 is 0 Å². The fraction of sp³-hybridized carbons (Fsp3) is 0.375. The van der Waals surface area contributed by atoms with Crippen LogP contribution in [0.25, 0.3) is 22.1 Å². The number of furan rings is 1. The molecule has 0 bridgehead atoms. The van der Waals surface area contributed by atoms with E-state index in [-0.39, 0.29) is 11.1 Å². The molecule has 1 aliphatic rings. The van der Waals surface area contributed by atoms with Crippen molar-refractivity contribution in [1.82, 2.24) is 14.9 Å². The second kappa shape index (κ2) is 5.49. The van der Waals surface area contributed by atoms with Gasteiger partial charge in [0.1, 0.15) is 30.9 Å². The number of piperidine rings is 1. The Bertz CT molecular complexity index is 936. The number of rotatable bonds is 2. The molecule has 0 aliphatic carbocycles. The minimum absolute atomic E-state index is 0.247. The number of nitrogens with zero attached hydrogens (tertiary/aromatic N) is 2. The van der Waals surface area contributed by atoms with Crippen LogP contribution in [0.3, 0.4) is 0 Å². The molecule has 0 radical (unpaired) electrons. The van der Waals surface area contributed by atoms with Gasteiger partial charge < -0.3 is 9.40 Å². The number of likely N-dealkylation sites (tertiary alicyclic amines) is 1. The summed E-state index contributed by atoms with van der Waals surface area (Å²) >= 11 is 0. The zero-order valence-corrected chi connectivity index (χ0v) is 12.9. The van der Waals surface area contributed by atoms with Crippen molar-refractivity contribution in [3.8, 4) is 0 Å². The van der Waals surface area contributed by atoms with Crippen molar-refractivity contribution in [3.05, 3.63) is 34.4 Å². The van der Waals surface area contributed by atoms with Gasteiger partial charge in [-0.2, -0.15) is 0 Å². The van der Waals surface area contributed by atoms with Crippen LogP contribution in [0.4, 0.5) is 4.39 Å². The maximum Gasteiger partial charge on any atom is 0.294 e. The average molecular weight is 313 g/mol. The lowest BCUT2D eigenvalue weighted by atomic mass is 9.95. The topological polar surface area (TPSA) is 62.1 Å². The van der Waals surface area contributed by atoms with Crippen molar-refractivity contribution in [3.63, 3.8) is 0 Å². The molecule has 2 aromatic heterocycles. The van der Waals surface area contributed by atoms with Crippen LogP contribution in [0.15, 0.2) is 27.4 Å². The summed E-state index contributed by atoms with van der Waals surface area (Å²) in [4.78, 5) is 21.6. The molecule has 5 nitrogen and oxygen atoms in total. The molecule has 1 N–H and O–H groups in total. The number of halogens is 1.